The molecular weight excluding hydrogens is 162 g/mol. The van der Waals surface area contributed by atoms with E-state index in [0.29, 0.717) is 5.92 Å². The van der Waals surface area contributed by atoms with Gasteiger partial charge in [-0.1, -0.05) is 31.3 Å². The molecule has 0 radical (unpaired) electrons. The highest BCUT2D eigenvalue weighted by molar-refractivity contribution is 5.04. The van der Waals surface area contributed by atoms with Crippen molar-refractivity contribution < 1.29 is 4.52 Å². The van der Waals surface area contributed by atoms with Crippen molar-refractivity contribution in [3.8, 4) is 0 Å². The molecule has 72 valence electrons. The monoisotopic (exact) mass is 179 g/mol. The van der Waals surface area contributed by atoms with Gasteiger partial charge in [0.2, 0.25) is 0 Å². The lowest BCUT2D eigenvalue weighted by molar-refractivity contribution is 0.303. The fourth-order valence-corrected chi connectivity index (χ4v) is 2.33. The summed E-state index contributed by atoms with van der Waals surface area (Å²) in [7, 11) is 0. The Kier molecular flexibility index (Phi) is 2.67. The van der Waals surface area contributed by atoms with Crippen molar-refractivity contribution in [1.29, 1.82) is 0 Å². The van der Waals surface area contributed by atoms with Crippen molar-refractivity contribution in [3.05, 3.63) is 18.0 Å². The molecule has 13 heavy (non-hydrogen) atoms. The fraction of sp³-hybridized carbons (Fsp3) is 0.727. The molecule has 1 unspecified atom stereocenters. The largest absolute Gasteiger partial charge is 0.365 e. The zero-order valence-electron chi connectivity index (χ0n) is 8.20. The van der Waals surface area contributed by atoms with Crippen LogP contribution in [0.3, 0.4) is 0 Å². The smallest absolute Gasteiger partial charge is 0.124 e. The molecule has 2 heteroatoms. The number of nitrogens with zero attached hydrogens (tertiary/aromatic N) is 1. The molecule has 2 rings (SSSR count). The van der Waals surface area contributed by atoms with Gasteiger partial charge in [-0.05, 0) is 18.8 Å². The summed E-state index contributed by atoms with van der Waals surface area (Å²) in [6, 6.07) is 2.00. The van der Waals surface area contributed by atoms with Crippen molar-refractivity contribution in [2.75, 3.05) is 0 Å². The van der Waals surface area contributed by atoms with Crippen LogP contribution in [0.2, 0.25) is 0 Å². The van der Waals surface area contributed by atoms with Crippen LogP contribution in [0.1, 0.15) is 50.6 Å². The molecule has 0 bridgehead atoms. The summed E-state index contributed by atoms with van der Waals surface area (Å²) in [5.41, 5.74) is 1.13. The average molecular weight is 179 g/mol. The van der Waals surface area contributed by atoms with Crippen LogP contribution in [0.15, 0.2) is 16.9 Å². The van der Waals surface area contributed by atoms with Crippen molar-refractivity contribution in [3.63, 3.8) is 0 Å². The first-order valence-electron chi connectivity index (χ1n) is 5.28. The van der Waals surface area contributed by atoms with Crippen LogP contribution in [-0.4, -0.2) is 5.16 Å². The summed E-state index contributed by atoms with van der Waals surface area (Å²) in [6.45, 7) is 2.27. The van der Waals surface area contributed by atoms with Gasteiger partial charge in [-0.25, -0.2) is 0 Å². The molecule has 1 heterocycles. The third-order valence-electron chi connectivity index (χ3n) is 3.28. The maximum Gasteiger partial charge on any atom is 0.124 e. The first-order chi connectivity index (χ1) is 6.38. The summed E-state index contributed by atoms with van der Waals surface area (Å²) < 4.78 is 4.88. The van der Waals surface area contributed by atoms with Gasteiger partial charge >= 0.3 is 0 Å². The minimum absolute atomic E-state index is 0.582. The molecule has 1 aliphatic carbocycles. The SMILES string of the molecule is CC(c1ccon1)C1CCCCC1. The van der Waals surface area contributed by atoms with Crippen LogP contribution in [0.4, 0.5) is 0 Å². The van der Waals surface area contributed by atoms with E-state index in [1.165, 1.54) is 32.1 Å². The van der Waals surface area contributed by atoms with Crippen molar-refractivity contribution in [2.24, 2.45) is 5.92 Å². The van der Waals surface area contributed by atoms with Crippen LogP contribution in [0.5, 0.6) is 0 Å². The first kappa shape index (κ1) is 8.79. The van der Waals surface area contributed by atoms with Gasteiger partial charge in [-0.3, -0.25) is 0 Å². The highest BCUT2D eigenvalue weighted by atomic mass is 16.5. The highest BCUT2D eigenvalue weighted by Crippen LogP contribution is 2.34. The Morgan fingerprint density at radius 2 is 2.15 bits per heavy atom. The van der Waals surface area contributed by atoms with Crippen molar-refractivity contribution in [2.45, 2.75) is 44.9 Å². The topological polar surface area (TPSA) is 26.0 Å². The van der Waals surface area contributed by atoms with Crippen LogP contribution in [-0.2, 0) is 0 Å². The van der Waals surface area contributed by atoms with Gasteiger partial charge in [0.15, 0.2) is 0 Å². The van der Waals surface area contributed by atoms with Gasteiger partial charge in [0.05, 0.1) is 5.69 Å². The van der Waals surface area contributed by atoms with Crippen molar-refractivity contribution >= 4 is 0 Å². The second-order valence-electron chi connectivity index (χ2n) is 4.11. The molecule has 0 amide bonds. The summed E-state index contributed by atoms with van der Waals surface area (Å²) in [4.78, 5) is 0. The van der Waals surface area contributed by atoms with E-state index >= 15 is 0 Å². The Labute approximate surface area is 79.3 Å². The third kappa shape index (κ3) is 1.93. The molecule has 1 aromatic heterocycles. The third-order valence-corrected chi connectivity index (χ3v) is 3.28. The molecule has 0 aliphatic heterocycles. The molecule has 0 aromatic carbocycles. The summed E-state index contributed by atoms with van der Waals surface area (Å²) in [5, 5.41) is 4.02. The molecule has 2 nitrogen and oxygen atoms in total. The van der Waals surface area contributed by atoms with Gasteiger partial charge in [0, 0.05) is 12.0 Å². The Hall–Kier alpha value is -0.790. The second-order valence-corrected chi connectivity index (χ2v) is 4.11. The zero-order chi connectivity index (χ0) is 9.10. The van der Waals surface area contributed by atoms with Gasteiger partial charge < -0.3 is 4.52 Å². The molecule has 1 fully saturated rings. The normalized spacial score (nSPS) is 21.6. The number of hydrogen-bond donors (Lipinski definition) is 0. The van der Waals surface area contributed by atoms with E-state index in [1.54, 1.807) is 6.26 Å². The van der Waals surface area contributed by atoms with Crippen LogP contribution in [0, 0.1) is 5.92 Å². The van der Waals surface area contributed by atoms with Gasteiger partial charge in [-0.15, -0.1) is 0 Å². The molecule has 0 N–H and O–H groups in total. The Bertz CT molecular complexity index is 237. The molecule has 0 saturated heterocycles. The first-order valence-corrected chi connectivity index (χ1v) is 5.28. The Morgan fingerprint density at radius 3 is 2.77 bits per heavy atom. The summed E-state index contributed by atoms with van der Waals surface area (Å²) in [6.07, 6.45) is 8.62. The predicted molar refractivity (Wildman–Crippen MR) is 51.5 cm³/mol. The minimum atomic E-state index is 0.582. The van der Waals surface area contributed by atoms with E-state index in [1.807, 2.05) is 6.07 Å². The number of aromatic nitrogens is 1. The molecule has 1 aromatic rings. The molecular formula is C11H17NO. The quantitative estimate of drug-likeness (QED) is 0.695. The molecule has 1 atom stereocenters. The van der Waals surface area contributed by atoms with E-state index in [-0.39, 0.29) is 0 Å². The van der Waals surface area contributed by atoms with Gasteiger partial charge in [0.25, 0.3) is 0 Å². The standard InChI is InChI=1S/C11H17NO/c1-9(11-7-8-13-12-11)10-5-3-2-4-6-10/h7-10H,2-6H2,1H3. The maximum atomic E-state index is 4.88. The van der Waals surface area contributed by atoms with E-state index in [9.17, 15) is 0 Å². The lowest BCUT2D eigenvalue weighted by Crippen LogP contribution is -2.13. The molecule has 1 saturated carbocycles. The fourth-order valence-electron chi connectivity index (χ4n) is 2.33. The van der Waals surface area contributed by atoms with E-state index in [4.69, 9.17) is 4.52 Å². The Morgan fingerprint density at radius 1 is 1.38 bits per heavy atom. The average Bonchev–Trinajstić information content (AvgIpc) is 2.71. The van der Waals surface area contributed by atoms with E-state index < -0.39 is 0 Å². The minimum Gasteiger partial charge on any atom is -0.365 e. The number of hydrogen-bond acceptors (Lipinski definition) is 2. The number of rotatable bonds is 2. The summed E-state index contributed by atoms with van der Waals surface area (Å²) >= 11 is 0. The van der Waals surface area contributed by atoms with Gasteiger partial charge in [-0.2, -0.15) is 0 Å². The van der Waals surface area contributed by atoms with E-state index in [2.05, 4.69) is 12.1 Å². The second kappa shape index (κ2) is 3.95. The lowest BCUT2D eigenvalue weighted by Gasteiger charge is -2.25. The molecule has 1 aliphatic rings. The van der Waals surface area contributed by atoms with Crippen LogP contribution < -0.4 is 0 Å². The Balaban J connectivity index is 1.99. The lowest BCUT2D eigenvalue weighted by atomic mass is 9.79. The predicted octanol–water partition coefficient (Wildman–Crippen LogP) is 3.36. The van der Waals surface area contributed by atoms with E-state index in [0.717, 1.165) is 11.6 Å². The van der Waals surface area contributed by atoms with Crippen LogP contribution >= 0.6 is 0 Å². The summed E-state index contributed by atoms with van der Waals surface area (Å²) in [5.74, 6) is 1.41. The van der Waals surface area contributed by atoms with Crippen LogP contribution in [0.25, 0.3) is 0 Å². The zero-order valence-corrected chi connectivity index (χ0v) is 8.20. The highest BCUT2D eigenvalue weighted by Gasteiger charge is 2.22. The maximum absolute atomic E-state index is 4.88. The van der Waals surface area contributed by atoms with Crippen molar-refractivity contribution in [1.82, 2.24) is 5.16 Å². The van der Waals surface area contributed by atoms with Gasteiger partial charge in [0.1, 0.15) is 6.26 Å². The molecule has 0 spiro atoms.